The molecule has 2 fully saturated rings. The molecule has 3 aliphatic rings. The maximum absolute atomic E-state index is 14.6. The van der Waals surface area contributed by atoms with Crippen LogP contribution in [-0.4, -0.2) is 122 Å². The van der Waals surface area contributed by atoms with E-state index in [1.165, 1.54) is 26.0 Å². The number of aliphatic hydroxyl groups excluding tert-OH is 2. The van der Waals surface area contributed by atoms with Crippen molar-refractivity contribution >= 4 is 46.3 Å². The summed E-state index contributed by atoms with van der Waals surface area (Å²) in [7, 11) is 0. The molecule has 0 spiro atoms. The normalized spacial score (nSPS) is 22.3. The van der Waals surface area contributed by atoms with Crippen molar-refractivity contribution in [3.8, 4) is 10.4 Å². The van der Waals surface area contributed by atoms with E-state index in [1.807, 2.05) is 82.0 Å². The zero-order valence-electron chi connectivity index (χ0n) is 40.2. The van der Waals surface area contributed by atoms with Crippen LogP contribution in [-0.2, 0) is 32.3 Å². The van der Waals surface area contributed by atoms with Gasteiger partial charge < -0.3 is 39.7 Å². The highest BCUT2D eigenvalue weighted by Gasteiger charge is 2.45. The molecular formula is C49H61N11O7S2. The van der Waals surface area contributed by atoms with Gasteiger partial charge in [0.1, 0.15) is 35.6 Å². The highest BCUT2D eigenvalue weighted by atomic mass is 32.1. The topological polar surface area (TPSA) is 235 Å². The second-order valence-corrected chi connectivity index (χ2v) is 20.9. The van der Waals surface area contributed by atoms with Crippen molar-refractivity contribution in [2.24, 2.45) is 17.8 Å². The molecule has 20 heteroatoms. The molecule has 2 saturated heterocycles. The molecule has 5 aromatic rings. The van der Waals surface area contributed by atoms with Crippen molar-refractivity contribution in [2.75, 3.05) is 19.6 Å². The number of amides is 4. The second-order valence-electron chi connectivity index (χ2n) is 19.2. The van der Waals surface area contributed by atoms with Crippen LogP contribution in [0.15, 0.2) is 63.6 Å². The lowest BCUT2D eigenvalue weighted by atomic mass is 9.85. The summed E-state index contributed by atoms with van der Waals surface area (Å²) in [5.41, 5.74) is 8.14. The van der Waals surface area contributed by atoms with Gasteiger partial charge in [-0.3, -0.25) is 19.2 Å². The Morgan fingerprint density at radius 3 is 2.03 bits per heavy atom. The molecule has 2 aliphatic heterocycles. The summed E-state index contributed by atoms with van der Waals surface area (Å²) in [6, 6.07) is 6.04. The zero-order valence-corrected chi connectivity index (χ0v) is 41.8. The molecule has 0 bridgehead atoms. The average Bonchev–Trinajstić information content (AvgIpc) is 4.20. The molecule has 0 saturated carbocycles. The van der Waals surface area contributed by atoms with Crippen LogP contribution in [0, 0.1) is 38.5 Å². The molecule has 2 unspecified atom stereocenters. The van der Waals surface area contributed by atoms with E-state index in [1.54, 1.807) is 23.8 Å². The summed E-state index contributed by atoms with van der Waals surface area (Å²) < 4.78 is 7.25. The third kappa shape index (κ3) is 10.6. The number of benzene rings is 1. The van der Waals surface area contributed by atoms with Crippen molar-refractivity contribution in [3.63, 3.8) is 0 Å². The van der Waals surface area contributed by atoms with Crippen molar-refractivity contribution in [3.05, 3.63) is 104 Å². The van der Waals surface area contributed by atoms with Crippen LogP contribution in [0.5, 0.6) is 0 Å². The highest BCUT2D eigenvalue weighted by molar-refractivity contribution is 7.13. The molecule has 1 aromatic carbocycles. The lowest BCUT2D eigenvalue weighted by Gasteiger charge is -2.30. The largest absolute Gasteiger partial charge is 0.391 e. The van der Waals surface area contributed by atoms with Gasteiger partial charge in [0.25, 0.3) is 0 Å². The van der Waals surface area contributed by atoms with Crippen LogP contribution >= 0.6 is 22.7 Å². The first-order valence-electron chi connectivity index (χ1n) is 23.5. The summed E-state index contributed by atoms with van der Waals surface area (Å²) in [4.78, 5) is 74.3. The van der Waals surface area contributed by atoms with Gasteiger partial charge in [0.05, 0.1) is 46.0 Å². The standard InChI is InChI=1S/C49H61N11O7S2/c1-25(2)40(48(65)59-20-34(61)16-38(59)46(64)51-19-32-11-14-36(27(5)15-32)42-28(6)52-23-68-42)44-56-55-30(8)58(44)22-37-43(69-24-53-37)33-12-9-31(10-13-33)18-50-45(63)39-17-35(62)21-60(39)49(66)41(26(3)4)47-54-29(7)57-67-47/h9-15,23-27,34-36,38-41,61-62H,16-22H2,1-8H3,(H,50,63)(H,51,64)/t27?,34-,35-,36?,38+,39+,40-,41-/m1/s1. The van der Waals surface area contributed by atoms with Gasteiger partial charge in [0, 0.05) is 49.8 Å². The smallest absolute Gasteiger partial charge is 0.243 e. The molecule has 0 radical (unpaired) electrons. The van der Waals surface area contributed by atoms with Crippen LogP contribution in [0.4, 0.5) is 0 Å². The molecule has 4 aromatic heterocycles. The summed E-state index contributed by atoms with van der Waals surface area (Å²) in [5, 5.41) is 40.2. The van der Waals surface area contributed by atoms with Gasteiger partial charge in [-0.2, -0.15) is 4.98 Å². The number of carbonyl (C=O) groups is 4. The fourth-order valence-electron chi connectivity index (χ4n) is 9.73. The number of nitrogens with one attached hydrogen (secondary N) is 2. The zero-order chi connectivity index (χ0) is 49.3. The predicted molar refractivity (Wildman–Crippen MR) is 259 cm³/mol. The lowest BCUT2D eigenvalue weighted by Crippen LogP contribution is -2.48. The first-order valence-corrected chi connectivity index (χ1v) is 25.3. The van der Waals surface area contributed by atoms with E-state index in [0.29, 0.717) is 24.0 Å². The van der Waals surface area contributed by atoms with Gasteiger partial charge in [0.2, 0.25) is 29.5 Å². The van der Waals surface area contributed by atoms with Gasteiger partial charge in [-0.15, -0.1) is 32.9 Å². The number of thiazole rings is 2. The molecular weight excluding hydrogens is 919 g/mol. The maximum Gasteiger partial charge on any atom is 0.243 e. The Bertz CT molecular complexity index is 2720. The number of aromatic nitrogens is 7. The van der Waals surface area contributed by atoms with Gasteiger partial charge in [-0.05, 0) is 55.2 Å². The number of nitrogens with zero attached hydrogens (tertiary/aromatic N) is 9. The van der Waals surface area contributed by atoms with Crippen molar-refractivity contribution in [1.29, 1.82) is 0 Å². The van der Waals surface area contributed by atoms with E-state index in [0.717, 1.165) is 33.0 Å². The van der Waals surface area contributed by atoms with Gasteiger partial charge in [-0.1, -0.05) is 82.3 Å². The van der Waals surface area contributed by atoms with Gasteiger partial charge >= 0.3 is 0 Å². The molecule has 8 atom stereocenters. The molecule has 4 amide bonds. The van der Waals surface area contributed by atoms with Gasteiger partial charge in [0.15, 0.2) is 5.82 Å². The minimum absolute atomic E-state index is 0.0263. The van der Waals surface area contributed by atoms with E-state index >= 15 is 0 Å². The number of allylic oxidation sites excluding steroid dienone is 2. The maximum atomic E-state index is 14.6. The van der Waals surface area contributed by atoms with Crippen molar-refractivity contribution in [1.82, 2.24) is 55.3 Å². The summed E-state index contributed by atoms with van der Waals surface area (Å²) in [6.07, 6.45) is 4.92. The number of carbonyl (C=O) groups excluding carboxylic acids is 4. The first kappa shape index (κ1) is 49.5. The van der Waals surface area contributed by atoms with Crippen molar-refractivity contribution < 1.29 is 33.9 Å². The number of β-amino-alcohol motifs (C(OH)–C–C–N with tert-alkyl or cyclic N) is 2. The average molecular weight is 980 g/mol. The Hall–Kier alpha value is -5.96. The Labute approximate surface area is 409 Å². The minimum atomic E-state index is -0.860. The van der Waals surface area contributed by atoms with Crippen LogP contribution in [0.3, 0.4) is 0 Å². The highest BCUT2D eigenvalue weighted by Crippen LogP contribution is 2.37. The number of aliphatic hydroxyl groups is 2. The molecule has 366 valence electrons. The van der Waals surface area contributed by atoms with E-state index < -0.39 is 36.1 Å². The summed E-state index contributed by atoms with van der Waals surface area (Å²) in [6.45, 7) is 16.2. The monoisotopic (exact) mass is 979 g/mol. The molecule has 1 aliphatic carbocycles. The third-order valence-electron chi connectivity index (χ3n) is 13.4. The molecule has 69 heavy (non-hydrogen) atoms. The third-order valence-corrected chi connectivity index (χ3v) is 15.3. The van der Waals surface area contributed by atoms with E-state index in [4.69, 9.17) is 9.51 Å². The Morgan fingerprint density at radius 2 is 1.45 bits per heavy atom. The number of hydrogen-bond donors (Lipinski definition) is 4. The van der Waals surface area contributed by atoms with E-state index in [-0.39, 0.29) is 92.2 Å². The van der Waals surface area contributed by atoms with Gasteiger partial charge in [-0.25, -0.2) is 9.97 Å². The molecule has 6 heterocycles. The van der Waals surface area contributed by atoms with Crippen LogP contribution in [0.2, 0.25) is 0 Å². The predicted octanol–water partition coefficient (Wildman–Crippen LogP) is 4.97. The second kappa shape index (κ2) is 21.0. The first-order chi connectivity index (χ1) is 33.0. The number of rotatable bonds is 16. The quantitative estimate of drug-likeness (QED) is 0.102. The van der Waals surface area contributed by atoms with Crippen LogP contribution < -0.4 is 10.6 Å². The number of likely N-dealkylation sites (tertiary alicyclic amines) is 2. The minimum Gasteiger partial charge on any atom is -0.391 e. The van der Waals surface area contributed by atoms with E-state index in [2.05, 4.69) is 55.0 Å². The molecule has 18 nitrogen and oxygen atoms in total. The molecule has 4 N–H and O–H groups in total. The van der Waals surface area contributed by atoms with Crippen LogP contribution in [0.25, 0.3) is 10.4 Å². The molecule has 8 rings (SSSR count). The Kier molecular flexibility index (Phi) is 15.0. The number of aryl methyl sites for hydroxylation is 3. The van der Waals surface area contributed by atoms with Crippen LogP contribution in [0.1, 0.15) is 110 Å². The fourth-order valence-corrected chi connectivity index (χ4v) is 11.5. The number of hydrogen-bond acceptors (Lipinski definition) is 15. The van der Waals surface area contributed by atoms with E-state index in [9.17, 15) is 29.4 Å². The summed E-state index contributed by atoms with van der Waals surface area (Å²) >= 11 is 3.12. The SMILES string of the molecule is Cc1noc([C@H](C(=O)N2C[C@H](O)C[C@H]2C(=O)NCc2ccc(-c3scnc3Cn3c(C)nnc3[C@H](C(=O)N3C[C@H](O)C[C@H]3C(=O)NCC3=CC(C)C(c4scnc4C)C=C3)C(C)C)cc2)C(C)C)n1. The lowest BCUT2D eigenvalue weighted by molar-refractivity contribution is -0.141. The Morgan fingerprint density at radius 1 is 0.826 bits per heavy atom. The Balaban J connectivity index is 0.910. The summed E-state index contributed by atoms with van der Waals surface area (Å²) in [5.74, 6) is -1.15. The fraction of sp³-hybridized carbons (Fsp3) is 0.510. The van der Waals surface area contributed by atoms with Crippen molar-refractivity contribution in [2.45, 2.75) is 123 Å².